The van der Waals surface area contributed by atoms with Gasteiger partial charge in [-0.1, -0.05) is 24.3 Å². The standard InChI is InChI=1S/C16H22N2OS/c19-16(18-11-12-6-9-20-10-7-12)15-14-4-2-1-3-13(14)5-8-17-15/h1-4,12,15,17H,5-11H2,(H,18,19). The van der Waals surface area contributed by atoms with E-state index in [4.69, 9.17) is 0 Å². The molecule has 2 aliphatic rings. The van der Waals surface area contributed by atoms with Crippen molar-refractivity contribution >= 4 is 17.7 Å². The molecule has 0 aliphatic carbocycles. The zero-order valence-corrected chi connectivity index (χ0v) is 12.5. The van der Waals surface area contributed by atoms with Gasteiger partial charge in [-0.25, -0.2) is 0 Å². The fourth-order valence-corrected chi connectivity index (χ4v) is 4.24. The highest BCUT2D eigenvalue weighted by Crippen LogP contribution is 2.24. The summed E-state index contributed by atoms with van der Waals surface area (Å²) in [6.07, 6.45) is 3.49. The molecule has 4 heteroatoms. The van der Waals surface area contributed by atoms with Crippen LogP contribution in [0.1, 0.15) is 30.0 Å². The molecule has 2 heterocycles. The number of benzene rings is 1. The monoisotopic (exact) mass is 290 g/mol. The van der Waals surface area contributed by atoms with Gasteiger partial charge in [0.2, 0.25) is 5.91 Å². The summed E-state index contributed by atoms with van der Waals surface area (Å²) in [5.74, 6) is 3.28. The number of hydrogen-bond acceptors (Lipinski definition) is 3. The van der Waals surface area contributed by atoms with E-state index in [1.54, 1.807) is 0 Å². The van der Waals surface area contributed by atoms with Crippen molar-refractivity contribution in [3.8, 4) is 0 Å². The van der Waals surface area contributed by atoms with E-state index in [2.05, 4.69) is 28.8 Å². The Morgan fingerprint density at radius 1 is 1.30 bits per heavy atom. The fourth-order valence-electron chi connectivity index (χ4n) is 3.04. The Morgan fingerprint density at radius 3 is 2.95 bits per heavy atom. The second-order valence-corrected chi connectivity index (χ2v) is 6.86. The molecule has 2 N–H and O–H groups in total. The SMILES string of the molecule is O=C(NCC1CCSCC1)C1NCCc2ccccc21. The van der Waals surface area contributed by atoms with Gasteiger partial charge in [0.25, 0.3) is 0 Å². The van der Waals surface area contributed by atoms with Crippen LogP contribution < -0.4 is 10.6 Å². The van der Waals surface area contributed by atoms with Crippen LogP contribution in [-0.2, 0) is 11.2 Å². The molecule has 1 aromatic carbocycles. The van der Waals surface area contributed by atoms with Crippen LogP contribution in [0.2, 0.25) is 0 Å². The molecule has 3 nitrogen and oxygen atoms in total. The van der Waals surface area contributed by atoms with Crippen molar-refractivity contribution in [2.75, 3.05) is 24.6 Å². The van der Waals surface area contributed by atoms with Crippen LogP contribution in [0.15, 0.2) is 24.3 Å². The van der Waals surface area contributed by atoms with Crippen LogP contribution >= 0.6 is 11.8 Å². The summed E-state index contributed by atoms with van der Waals surface area (Å²) >= 11 is 2.03. The van der Waals surface area contributed by atoms with Gasteiger partial charge in [-0.2, -0.15) is 11.8 Å². The molecule has 0 spiro atoms. The largest absolute Gasteiger partial charge is 0.354 e. The first kappa shape index (κ1) is 14.0. The average Bonchev–Trinajstić information content (AvgIpc) is 2.53. The summed E-state index contributed by atoms with van der Waals surface area (Å²) in [5.41, 5.74) is 2.45. The number of thioether (sulfide) groups is 1. The van der Waals surface area contributed by atoms with E-state index in [0.717, 1.165) is 25.1 Å². The Bertz CT molecular complexity index is 471. The van der Waals surface area contributed by atoms with Crippen LogP contribution in [0, 0.1) is 5.92 Å². The number of amides is 1. The number of carbonyl (C=O) groups excluding carboxylic acids is 1. The van der Waals surface area contributed by atoms with Crippen LogP contribution in [0.3, 0.4) is 0 Å². The van der Waals surface area contributed by atoms with E-state index in [0.29, 0.717) is 5.92 Å². The maximum atomic E-state index is 12.4. The van der Waals surface area contributed by atoms with Crippen molar-refractivity contribution in [3.05, 3.63) is 35.4 Å². The Kier molecular flexibility index (Phi) is 4.63. The van der Waals surface area contributed by atoms with Gasteiger partial charge in [0, 0.05) is 13.1 Å². The van der Waals surface area contributed by atoms with Gasteiger partial charge in [0.15, 0.2) is 0 Å². The molecule has 0 aromatic heterocycles. The van der Waals surface area contributed by atoms with Crippen LogP contribution in [0.25, 0.3) is 0 Å². The molecule has 0 radical (unpaired) electrons. The predicted octanol–water partition coefficient (Wildman–Crippen LogP) is 2.13. The first-order valence-corrected chi connectivity index (χ1v) is 8.66. The second-order valence-electron chi connectivity index (χ2n) is 5.64. The van der Waals surface area contributed by atoms with E-state index in [-0.39, 0.29) is 11.9 Å². The van der Waals surface area contributed by atoms with Gasteiger partial charge in [0.1, 0.15) is 6.04 Å². The summed E-state index contributed by atoms with van der Waals surface area (Å²) < 4.78 is 0. The van der Waals surface area contributed by atoms with E-state index in [1.807, 2.05) is 17.8 Å². The smallest absolute Gasteiger partial charge is 0.241 e. The molecular weight excluding hydrogens is 268 g/mol. The first-order valence-electron chi connectivity index (χ1n) is 7.51. The van der Waals surface area contributed by atoms with Gasteiger partial charge in [0.05, 0.1) is 0 Å². The summed E-state index contributed by atoms with van der Waals surface area (Å²) in [6, 6.07) is 8.11. The topological polar surface area (TPSA) is 41.1 Å². The van der Waals surface area contributed by atoms with Crippen molar-refractivity contribution in [1.29, 1.82) is 0 Å². The molecule has 2 aliphatic heterocycles. The molecule has 20 heavy (non-hydrogen) atoms. The van der Waals surface area contributed by atoms with E-state index in [9.17, 15) is 4.79 Å². The molecule has 1 unspecified atom stereocenters. The second kappa shape index (κ2) is 6.64. The van der Waals surface area contributed by atoms with Crippen molar-refractivity contribution in [2.45, 2.75) is 25.3 Å². The van der Waals surface area contributed by atoms with Crippen molar-refractivity contribution in [2.24, 2.45) is 5.92 Å². The lowest BCUT2D eigenvalue weighted by Crippen LogP contribution is -2.43. The van der Waals surface area contributed by atoms with Gasteiger partial charge in [-0.3, -0.25) is 4.79 Å². The molecule has 1 atom stereocenters. The van der Waals surface area contributed by atoms with Gasteiger partial charge < -0.3 is 10.6 Å². The Labute approximate surface area is 124 Å². The highest BCUT2D eigenvalue weighted by atomic mass is 32.2. The lowest BCUT2D eigenvalue weighted by atomic mass is 9.93. The van der Waals surface area contributed by atoms with Gasteiger partial charge >= 0.3 is 0 Å². The average molecular weight is 290 g/mol. The van der Waals surface area contributed by atoms with Crippen LogP contribution in [0.5, 0.6) is 0 Å². The normalized spacial score (nSPS) is 23.1. The molecule has 0 saturated carbocycles. The number of fused-ring (bicyclic) bond motifs is 1. The lowest BCUT2D eigenvalue weighted by Gasteiger charge is -2.27. The highest BCUT2D eigenvalue weighted by molar-refractivity contribution is 7.99. The molecule has 3 rings (SSSR count). The number of rotatable bonds is 3. The van der Waals surface area contributed by atoms with Crippen molar-refractivity contribution < 1.29 is 4.79 Å². The number of carbonyl (C=O) groups is 1. The fraction of sp³-hybridized carbons (Fsp3) is 0.562. The van der Waals surface area contributed by atoms with Gasteiger partial charge in [-0.15, -0.1) is 0 Å². The maximum absolute atomic E-state index is 12.4. The Hall–Kier alpha value is -1.00. The number of nitrogens with one attached hydrogen (secondary N) is 2. The summed E-state index contributed by atoms with van der Waals surface area (Å²) in [6.45, 7) is 1.72. The maximum Gasteiger partial charge on any atom is 0.241 e. The molecule has 1 saturated heterocycles. The van der Waals surface area contributed by atoms with Crippen LogP contribution in [-0.4, -0.2) is 30.5 Å². The first-order chi connectivity index (χ1) is 9.84. The third-order valence-electron chi connectivity index (χ3n) is 4.28. The number of hydrogen-bond donors (Lipinski definition) is 2. The Balaban J connectivity index is 1.60. The molecule has 0 bridgehead atoms. The lowest BCUT2D eigenvalue weighted by molar-refractivity contribution is -0.123. The minimum absolute atomic E-state index is 0.135. The minimum atomic E-state index is -0.169. The summed E-state index contributed by atoms with van der Waals surface area (Å²) in [4.78, 5) is 12.4. The van der Waals surface area contributed by atoms with Crippen LogP contribution in [0.4, 0.5) is 0 Å². The third-order valence-corrected chi connectivity index (χ3v) is 5.33. The van der Waals surface area contributed by atoms with Gasteiger partial charge in [-0.05, 0) is 47.8 Å². The quantitative estimate of drug-likeness (QED) is 0.896. The Morgan fingerprint density at radius 2 is 2.10 bits per heavy atom. The molecule has 1 amide bonds. The predicted molar refractivity (Wildman–Crippen MR) is 83.9 cm³/mol. The highest BCUT2D eigenvalue weighted by Gasteiger charge is 2.26. The molecule has 108 valence electrons. The summed E-state index contributed by atoms with van der Waals surface area (Å²) in [7, 11) is 0. The molecule has 1 aromatic rings. The molecular formula is C16H22N2OS. The van der Waals surface area contributed by atoms with E-state index < -0.39 is 0 Å². The van der Waals surface area contributed by atoms with Crippen molar-refractivity contribution in [1.82, 2.24) is 10.6 Å². The van der Waals surface area contributed by atoms with E-state index >= 15 is 0 Å². The van der Waals surface area contributed by atoms with Crippen molar-refractivity contribution in [3.63, 3.8) is 0 Å². The minimum Gasteiger partial charge on any atom is -0.354 e. The summed E-state index contributed by atoms with van der Waals surface area (Å²) in [5, 5.41) is 6.50. The van der Waals surface area contributed by atoms with E-state index in [1.165, 1.54) is 29.9 Å². The zero-order valence-electron chi connectivity index (χ0n) is 11.7. The zero-order chi connectivity index (χ0) is 13.8. The molecule has 1 fully saturated rings. The third kappa shape index (κ3) is 3.18.